The molecule has 2 N–H and O–H groups in total. The highest BCUT2D eigenvalue weighted by Gasteiger charge is 2.39. The summed E-state index contributed by atoms with van der Waals surface area (Å²) in [7, 11) is 0. The van der Waals surface area contributed by atoms with E-state index < -0.39 is 0 Å². The number of nitrogens with zero attached hydrogens (tertiary/aromatic N) is 5. The third-order valence-corrected chi connectivity index (χ3v) is 6.80. The summed E-state index contributed by atoms with van der Waals surface area (Å²) in [6.45, 7) is 9.54. The maximum atomic E-state index is 14.4. The number of allylic oxidation sites excluding steroid dienone is 1. The van der Waals surface area contributed by atoms with E-state index in [1.807, 2.05) is 6.07 Å². The number of nitrogens with one attached hydrogen (secondary N) is 2. The first kappa shape index (κ1) is 21.5. The number of hydrogen-bond donors (Lipinski definition) is 2. The molecule has 3 aromatic heterocycles. The van der Waals surface area contributed by atoms with Gasteiger partial charge in [0.05, 0.1) is 12.2 Å². The number of hydrogen-bond acceptors (Lipinski definition) is 7. The van der Waals surface area contributed by atoms with Crippen LogP contribution in [0.2, 0.25) is 0 Å². The Balaban J connectivity index is 1.45. The van der Waals surface area contributed by atoms with Gasteiger partial charge in [0.1, 0.15) is 35.1 Å². The molecule has 0 saturated heterocycles. The molecule has 0 spiro atoms. The van der Waals surface area contributed by atoms with Gasteiger partial charge in [0.2, 0.25) is 0 Å². The predicted molar refractivity (Wildman–Crippen MR) is 131 cm³/mol. The van der Waals surface area contributed by atoms with Crippen molar-refractivity contribution in [2.24, 2.45) is 5.92 Å². The zero-order valence-corrected chi connectivity index (χ0v) is 19.7. The standard InChI is InChI=1S/C26H26FN7O/c1-15-26(2,3)22-24(28-13-16-8-9-16)30-23(31-25(22)29-15)20-12-21(19-10-11-35-33-19)34(32-20)14-17-6-4-5-7-18(17)27/h4-7,10-12,16H,1,8-9,13-14H2,2-3H3,(H2,28,29,30,31). The zero-order valence-electron chi connectivity index (χ0n) is 19.7. The molecule has 0 atom stereocenters. The highest BCUT2D eigenvalue weighted by Crippen LogP contribution is 2.46. The molecule has 9 heteroatoms. The highest BCUT2D eigenvalue weighted by atomic mass is 19.1. The molecule has 35 heavy (non-hydrogen) atoms. The fourth-order valence-corrected chi connectivity index (χ4v) is 4.38. The van der Waals surface area contributed by atoms with Gasteiger partial charge in [-0.2, -0.15) is 5.10 Å². The van der Waals surface area contributed by atoms with Crippen molar-refractivity contribution in [3.05, 3.63) is 71.9 Å². The Bertz CT molecular complexity index is 1420. The van der Waals surface area contributed by atoms with Crippen LogP contribution in [0, 0.1) is 11.7 Å². The van der Waals surface area contributed by atoms with Crippen molar-refractivity contribution in [2.75, 3.05) is 17.2 Å². The van der Waals surface area contributed by atoms with Gasteiger partial charge in [0, 0.05) is 34.9 Å². The quantitative estimate of drug-likeness (QED) is 0.382. The average molecular weight is 472 g/mol. The van der Waals surface area contributed by atoms with E-state index in [-0.39, 0.29) is 17.8 Å². The first-order valence-electron chi connectivity index (χ1n) is 11.8. The molecule has 1 saturated carbocycles. The summed E-state index contributed by atoms with van der Waals surface area (Å²) in [6.07, 6.45) is 3.98. The summed E-state index contributed by atoms with van der Waals surface area (Å²) in [6, 6.07) is 10.3. The molecule has 2 aliphatic rings. The number of benzene rings is 1. The van der Waals surface area contributed by atoms with E-state index >= 15 is 0 Å². The van der Waals surface area contributed by atoms with Crippen LogP contribution in [0.3, 0.4) is 0 Å². The summed E-state index contributed by atoms with van der Waals surface area (Å²) >= 11 is 0. The van der Waals surface area contributed by atoms with Crippen LogP contribution in [-0.2, 0) is 12.0 Å². The monoisotopic (exact) mass is 471 g/mol. The van der Waals surface area contributed by atoms with Gasteiger partial charge in [-0.25, -0.2) is 14.4 Å². The molecule has 178 valence electrons. The second kappa shape index (κ2) is 8.04. The van der Waals surface area contributed by atoms with Crippen LogP contribution in [0.5, 0.6) is 0 Å². The van der Waals surface area contributed by atoms with Crippen molar-refractivity contribution < 1.29 is 8.91 Å². The minimum absolute atomic E-state index is 0.231. The fraction of sp³-hybridized carbons (Fsp3) is 0.308. The first-order chi connectivity index (χ1) is 16.9. The maximum absolute atomic E-state index is 14.4. The molecular weight excluding hydrogens is 445 g/mol. The SMILES string of the molecule is C=C1Nc2nc(-c3cc(-c4ccon4)n(Cc4ccccc4F)n3)nc(NCC3CC3)c2C1(C)C. The molecule has 0 unspecified atom stereocenters. The van der Waals surface area contributed by atoms with E-state index in [1.54, 1.807) is 28.9 Å². The van der Waals surface area contributed by atoms with E-state index in [2.05, 4.69) is 36.2 Å². The minimum atomic E-state index is -0.310. The molecule has 8 nitrogen and oxygen atoms in total. The Hall–Kier alpha value is -4.01. The zero-order chi connectivity index (χ0) is 24.2. The summed E-state index contributed by atoms with van der Waals surface area (Å²) in [5.41, 5.74) is 3.95. The van der Waals surface area contributed by atoms with Gasteiger partial charge >= 0.3 is 0 Å². The smallest absolute Gasteiger partial charge is 0.184 e. The van der Waals surface area contributed by atoms with Gasteiger partial charge in [-0.3, -0.25) is 4.68 Å². The Morgan fingerprint density at radius 2 is 2.03 bits per heavy atom. The summed E-state index contributed by atoms with van der Waals surface area (Å²) in [5.74, 6) is 2.39. The second-order valence-corrected chi connectivity index (χ2v) is 9.72. The first-order valence-corrected chi connectivity index (χ1v) is 11.8. The van der Waals surface area contributed by atoms with Crippen molar-refractivity contribution in [1.82, 2.24) is 24.9 Å². The highest BCUT2D eigenvalue weighted by molar-refractivity contribution is 5.75. The van der Waals surface area contributed by atoms with E-state index in [4.69, 9.17) is 19.6 Å². The normalized spacial score (nSPS) is 16.3. The third kappa shape index (κ3) is 3.86. The molecule has 4 heterocycles. The van der Waals surface area contributed by atoms with Gasteiger partial charge in [-0.1, -0.05) is 29.9 Å². The summed E-state index contributed by atoms with van der Waals surface area (Å²) in [5, 5.41) is 15.7. The molecule has 4 aromatic rings. The Kier molecular flexibility index (Phi) is 4.94. The van der Waals surface area contributed by atoms with Crippen LogP contribution in [0.1, 0.15) is 37.8 Å². The minimum Gasteiger partial charge on any atom is -0.369 e. The lowest BCUT2D eigenvalue weighted by molar-refractivity contribution is 0.421. The lowest BCUT2D eigenvalue weighted by atomic mass is 9.85. The van der Waals surface area contributed by atoms with Crippen LogP contribution in [0.15, 0.2) is 59.5 Å². The largest absolute Gasteiger partial charge is 0.369 e. The molecular formula is C26H26FN7O. The maximum Gasteiger partial charge on any atom is 0.184 e. The average Bonchev–Trinajstić information content (AvgIpc) is 3.22. The van der Waals surface area contributed by atoms with E-state index in [1.165, 1.54) is 25.2 Å². The molecule has 6 rings (SSSR count). The van der Waals surface area contributed by atoms with E-state index in [9.17, 15) is 4.39 Å². The Morgan fingerprint density at radius 3 is 2.77 bits per heavy atom. The van der Waals surface area contributed by atoms with Crippen LogP contribution in [0.4, 0.5) is 16.0 Å². The molecule has 0 radical (unpaired) electrons. The second-order valence-electron chi connectivity index (χ2n) is 9.72. The molecule has 1 aromatic carbocycles. The van der Waals surface area contributed by atoms with Crippen molar-refractivity contribution >= 4 is 11.6 Å². The number of fused-ring (bicyclic) bond motifs is 1. The van der Waals surface area contributed by atoms with Gasteiger partial charge in [0.15, 0.2) is 5.82 Å². The van der Waals surface area contributed by atoms with Crippen LogP contribution < -0.4 is 10.6 Å². The topological polar surface area (TPSA) is 93.7 Å². The number of halogens is 1. The van der Waals surface area contributed by atoms with E-state index in [0.717, 1.165) is 29.4 Å². The Labute approximate surface area is 202 Å². The van der Waals surface area contributed by atoms with Gasteiger partial charge < -0.3 is 15.2 Å². The van der Waals surface area contributed by atoms with Gasteiger partial charge in [-0.05, 0) is 44.7 Å². The van der Waals surface area contributed by atoms with Gasteiger partial charge in [0.25, 0.3) is 0 Å². The van der Waals surface area contributed by atoms with Crippen LogP contribution in [0.25, 0.3) is 22.9 Å². The summed E-state index contributed by atoms with van der Waals surface area (Å²) < 4.78 is 21.2. The molecule has 1 fully saturated rings. The number of rotatable bonds is 7. The molecule has 1 aliphatic carbocycles. The van der Waals surface area contributed by atoms with Crippen molar-refractivity contribution in [1.29, 1.82) is 0 Å². The van der Waals surface area contributed by atoms with Crippen molar-refractivity contribution in [3.63, 3.8) is 0 Å². The van der Waals surface area contributed by atoms with Crippen LogP contribution >= 0.6 is 0 Å². The molecule has 0 bridgehead atoms. The predicted octanol–water partition coefficient (Wildman–Crippen LogP) is 5.22. The summed E-state index contributed by atoms with van der Waals surface area (Å²) in [4.78, 5) is 9.72. The van der Waals surface area contributed by atoms with Crippen molar-refractivity contribution in [2.45, 2.75) is 38.6 Å². The molecule has 0 amide bonds. The third-order valence-electron chi connectivity index (χ3n) is 6.80. The number of anilines is 2. The Morgan fingerprint density at radius 1 is 1.20 bits per heavy atom. The molecule has 1 aliphatic heterocycles. The lowest BCUT2D eigenvalue weighted by Crippen LogP contribution is -2.19. The lowest BCUT2D eigenvalue weighted by Gasteiger charge is -2.21. The van der Waals surface area contributed by atoms with Crippen molar-refractivity contribution in [3.8, 4) is 22.9 Å². The van der Waals surface area contributed by atoms with E-state index in [0.29, 0.717) is 34.4 Å². The van der Waals surface area contributed by atoms with Crippen LogP contribution in [-0.4, -0.2) is 31.4 Å². The number of aromatic nitrogens is 5. The fourth-order valence-electron chi connectivity index (χ4n) is 4.38. The van der Waals surface area contributed by atoms with Gasteiger partial charge in [-0.15, -0.1) is 0 Å².